The second-order valence-electron chi connectivity index (χ2n) is 8.82. The molecule has 4 bridgehead atoms. The minimum absolute atomic E-state index is 0.0872. The van der Waals surface area contributed by atoms with Gasteiger partial charge in [0.25, 0.3) is 5.91 Å². The number of rotatable bonds is 4. The lowest BCUT2D eigenvalue weighted by atomic mass is 9.49. The highest BCUT2D eigenvalue weighted by Gasteiger charge is 2.61. The summed E-state index contributed by atoms with van der Waals surface area (Å²) in [6.07, 6.45) is 5.36. The van der Waals surface area contributed by atoms with E-state index >= 15 is 0 Å². The van der Waals surface area contributed by atoms with Gasteiger partial charge in [0.2, 0.25) is 6.10 Å². The Kier molecular flexibility index (Phi) is 4.41. The Morgan fingerprint density at radius 3 is 2.27 bits per heavy atom. The smallest absolute Gasteiger partial charge is 0.313 e. The molecule has 26 heavy (non-hydrogen) atoms. The van der Waals surface area contributed by atoms with Gasteiger partial charge in [-0.05, 0) is 50.4 Å². The molecule has 5 rings (SSSR count). The summed E-state index contributed by atoms with van der Waals surface area (Å²) in [5.41, 5.74) is 0.311. The fourth-order valence-corrected chi connectivity index (χ4v) is 7.20. The molecule has 0 aliphatic heterocycles. The highest BCUT2D eigenvalue weighted by atomic mass is 79.9. The van der Waals surface area contributed by atoms with E-state index in [1.165, 1.54) is 11.3 Å². The molecule has 4 fully saturated rings. The van der Waals surface area contributed by atoms with E-state index in [0.717, 1.165) is 37.7 Å². The number of carbonyl (C=O) groups is 2. The molecule has 0 spiro atoms. The molecule has 5 heteroatoms. The van der Waals surface area contributed by atoms with Gasteiger partial charge in [-0.3, -0.25) is 9.59 Å². The molecule has 4 nitrogen and oxygen atoms in total. The van der Waals surface area contributed by atoms with Crippen molar-refractivity contribution >= 4 is 27.8 Å². The number of likely N-dealkylation sites (N-methyl/N-ethyl adjacent to an activating group) is 1. The van der Waals surface area contributed by atoms with Crippen molar-refractivity contribution in [2.75, 3.05) is 14.1 Å². The minimum atomic E-state index is -0.863. The first-order valence-corrected chi connectivity index (χ1v) is 10.3. The van der Waals surface area contributed by atoms with Crippen LogP contribution in [-0.4, -0.2) is 35.2 Å². The van der Waals surface area contributed by atoms with Crippen LogP contribution in [-0.2, 0) is 14.3 Å². The molecule has 4 aliphatic carbocycles. The first-order chi connectivity index (χ1) is 12.3. The third kappa shape index (κ3) is 3.08. The summed E-state index contributed by atoms with van der Waals surface area (Å²) in [4.78, 5) is 27.5. The van der Waals surface area contributed by atoms with Gasteiger partial charge in [0.15, 0.2) is 0 Å². The second kappa shape index (κ2) is 6.36. The summed E-state index contributed by atoms with van der Waals surface area (Å²) in [5.74, 6) is 0.827. The predicted octanol–water partition coefficient (Wildman–Crippen LogP) is 4.09. The van der Waals surface area contributed by atoms with Crippen molar-refractivity contribution in [3.63, 3.8) is 0 Å². The number of amides is 1. The van der Waals surface area contributed by atoms with Crippen LogP contribution in [0.1, 0.15) is 50.2 Å². The number of ether oxygens (including phenoxy) is 1. The highest BCUT2D eigenvalue weighted by molar-refractivity contribution is 9.10. The van der Waals surface area contributed by atoms with Crippen LogP contribution < -0.4 is 0 Å². The van der Waals surface area contributed by atoms with Crippen molar-refractivity contribution in [3.8, 4) is 0 Å². The highest BCUT2D eigenvalue weighted by Crippen LogP contribution is 2.64. The average Bonchev–Trinajstić information content (AvgIpc) is 2.57. The van der Waals surface area contributed by atoms with Gasteiger partial charge in [0, 0.05) is 24.0 Å². The number of nitrogens with zero attached hydrogens (tertiary/aromatic N) is 1. The lowest BCUT2D eigenvalue weighted by Gasteiger charge is -2.59. The van der Waals surface area contributed by atoms with Crippen molar-refractivity contribution in [2.45, 2.75) is 49.0 Å². The van der Waals surface area contributed by atoms with Crippen molar-refractivity contribution in [1.29, 1.82) is 0 Å². The lowest BCUT2D eigenvalue weighted by Crippen LogP contribution is -2.56. The molecule has 1 amide bonds. The van der Waals surface area contributed by atoms with Crippen LogP contribution in [0.15, 0.2) is 30.3 Å². The molecular formula is C21H26BrNO3. The van der Waals surface area contributed by atoms with Crippen LogP contribution in [0.25, 0.3) is 0 Å². The predicted molar refractivity (Wildman–Crippen MR) is 103 cm³/mol. The number of esters is 1. The van der Waals surface area contributed by atoms with Crippen molar-refractivity contribution < 1.29 is 14.3 Å². The monoisotopic (exact) mass is 419 g/mol. The fourth-order valence-electron chi connectivity index (χ4n) is 5.74. The number of benzene rings is 1. The average molecular weight is 420 g/mol. The molecule has 140 valence electrons. The Bertz CT molecular complexity index is 703. The number of hydrogen-bond donors (Lipinski definition) is 0. The maximum Gasteiger partial charge on any atom is 0.313 e. The summed E-state index contributed by atoms with van der Waals surface area (Å²) in [6.45, 7) is 0. The van der Waals surface area contributed by atoms with E-state index in [1.807, 2.05) is 30.3 Å². The molecule has 1 aromatic carbocycles. The van der Waals surface area contributed by atoms with E-state index in [4.69, 9.17) is 4.74 Å². The van der Waals surface area contributed by atoms with Gasteiger partial charge < -0.3 is 9.64 Å². The molecule has 3 atom stereocenters. The Labute approximate surface area is 163 Å². The normalized spacial score (nSPS) is 35.8. The van der Waals surface area contributed by atoms with Crippen LogP contribution in [0.2, 0.25) is 0 Å². The van der Waals surface area contributed by atoms with E-state index in [2.05, 4.69) is 15.9 Å². The van der Waals surface area contributed by atoms with Gasteiger partial charge in [0.05, 0.1) is 5.41 Å². The quantitative estimate of drug-likeness (QED) is 0.545. The first kappa shape index (κ1) is 18.0. The molecule has 0 aromatic heterocycles. The summed E-state index contributed by atoms with van der Waals surface area (Å²) < 4.78 is 6.03. The van der Waals surface area contributed by atoms with Crippen LogP contribution in [0.4, 0.5) is 0 Å². The molecule has 0 N–H and O–H groups in total. The van der Waals surface area contributed by atoms with Crippen LogP contribution in [0.5, 0.6) is 0 Å². The zero-order chi connectivity index (χ0) is 18.5. The summed E-state index contributed by atoms with van der Waals surface area (Å²) >= 11 is 3.94. The summed E-state index contributed by atoms with van der Waals surface area (Å²) in [5, 5.41) is 0. The molecule has 1 aromatic rings. The Morgan fingerprint density at radius 1 is 1.12 bits per heavy atom. The standard InChI is InChI=1S/C21H26BrNO3/c1-23(2)18(24)17(16-6-4-3-5-7-16)26-19(25)20-9-14-8-15(10-20)12-21(22,11-14)13-20/h3-7,14-15,17H,8-13H2,1-2H3. The van der Waals surface area contributed by atoms with Gasteiger partial charge in [0.1, 0.15) is 0 Å². The summed E-state index contributed by atoms with van der Waals surface area (Å²) in [6, 6.07) is 9.35. The van der Waals surface area contributed by atoms with Crippen LogP contribution >= 0.6 is 15.9 Å². The SMILES string of the molecule is CN(C)C(=O)C(OC(=O)C12CC3CC(CC(Br)(C3)C1)C2)c1ccccc1. The zero-order valence-corrected chi connectivity index (χ0v) is 17.0. The zero-order valence-electron chi connectivity index (χ0n) is 15.4. The number of alkyl halides is 1. The number of halogens is 1. The lowest BCUT2D eigenvalue weighted by molar-refractivity contribution is -0.179. The molecule has 4 saturated carbocycles. The maximum atomic E-state index is 13.3. The van der Waals surface area contributed by atoms with Gasteiger partial charge in [-0.2, -0.15) is 0 Å². The van der Waals surface area contributed by atoms with Crippen LogP contribution in [0, 0.1) is 17.3 Å². The van der Waals surface area contributed by atoms with Gasteiger partial charge in [-0.25, -0.2) is 0 Å². The fraction of sp³-hybridized carbons (Fsp3) is 0.619. The van der Waals surface area contributed by atoms with Gasteiger partial charge in [-0.15, -0.1) is 0 Å². The number of carbonyl (C=O) groups excluding carboxylic acids is 2. The summed E-state index contributed by atoms with van der Waals surface area (Å²) in [7, 11) is 3.40. The molecule has 4 aliphatic rings. The van der Waals surface area contributed by atoms with E-state index < -0.39 is 11.5 Å². The van der Waals surface area contributed by atoms with E-state index in [-0.39, 0.29) is 16.2 Å². The molecule has 3 unspecified atom stereocenters. The molecule has 0 radical (unpaired) electrons. The molecule has 0 saturated heterocycles. The third-order valence-corrected chi connectivity index (χ3v) is 7.34. The van der Waals surface area contributed by atoms with Crippen LogP contribution in [0.3, 0.4) is 0 Å². The molecule has 0 heterocycles. The third-order valence-electron chi connectivity index (χ3n) is 6.41. The van der Waals surface area contributed by atoms with Gasteiger partial charge >= 0.3 is 5.97 Å². The Morgan fingerprint density at radius 2 is 1.73 bits per heavy atom. The maximum absolute atomic E-state index is 13.3. The second-order valence-corrected chi connectivity index (χ2v) is 10.5. The van der Waals surface area contributed by atoms with E-state index in [0.29, 0.717) is 11.8 Å². The van der Waals surface area contributed by atoms with Crippen molar-refractivity contribution in [1.82, 2.24) is 4.90 Å². The van der Waals surface area contributed by atoms with Crippen molar-refractivity contribution in [3.05, 3.63) is 35.9 Å². The Hall–Kier alpha value is -1.36. The van der Waals surface area contributed by atoms with Crippen molar-refractivity contribution in [2.24, 2.45) is 17.3 Å². The van der Waals surface area contributed by atoms with Gasteiger partial charge in [-0.1, -0.05) is 46.3 Å². The number of hydrogen-bond acceptors (Lipinski definition) is 3. The largest absolute Gasteiger partial charge is 0.447 e. The van der Waals surface area contributed by atoms with E-state index in [1.54, 1.807) is 14.1 Å². The van der Waals surface area contributed by atoms with E-state index in [9.17, 15) is 9.59 Å². The topological polar surface area (TPSA) is 46.6 Å². The molecular weight excluding hydrogens is 394 g/mol. The first-order valence-electron chi connectivity index (χ1n) is 9.46. The Balaban J connectivity index is 1.60. The minimum Gasteiger partial charge on any atom is -0.447 e.